The van der Waals surface area contributed by atoms with E-state index in [0.29, 0.717) is 23.0 Å². The average Bonchev–Trinajstić information content (AvgIpc) is 3.11. The number of hydrogen-bond acceptors (Lipinski definition) is 4. The van der Waals surface area contributed by atoms with Gasteiger partial charge in [0.15, 0.2) is 0 Å². The zero-order valence-electron chi connectivity index (χ0n) is 12.7. The van der Waals surface area contributed by atoms with E-state index in [0.717, 1.165) is 16.3 Å². The Kier molecular flexibility index (Phi) is 4.45. The van der Waals surface area contributed by atoms with Gasteiger partial charge in [-0.3, -0.25) is 9.48 Å². The normalized spacial score (nSPS) is 10.7. The van der Waals surface area contributed by atoms with Gasteiger partial charge < -0.3 is 5.32 Å². The Morgan fingerprint density at radius 2 is 2.09 bits per heavy atom. The number of carbonyl (C=O) groups excluding carboxylic acids is 1. The van der Waals surface area contributed by atoms with E-state index in [2.05, 4.69) is 15.4 Å². The molecule has 0 saturated heterocycles. The van der Waals surface area contributed by atoms with Crippen LogP contribution in [0.2, 0.25) is 5.02 Å². The van der Waals surface area contributed by atoms with Crippen molar-refractivity contribution in [3.8, 4) is 10.6 Å². The highest BCUT2D eigenvalue weighted by Crippen LogP contribution is 2.23. The molecule has 5 nitrogen and oxygen atoms in total. The van der Waals surface area contributed by atoms with E-state index in [1.54, 1.807) is 25.3 Å². The molecule has 1 N–H and O–H groups in total. The van der Waals surface area contributed by atoms with Crippen LogP contribution in [-0.2, 0) is 13.6 Å². The Bertz CT molecular complexity index is 841. The first-order chi connectivity index (χ1) is 11.1. The zero-order valence-corrected chi connectivity index (χ0v) is 14.3. The van der Waals surface area contributed by atoms with E-state index >= 15 is 0 Å². The van der Waals surface area contributed by atoms with Gasteiger partial charge in [-0.1, -0.05) is 41.9 Å². The molecule has 0 radical (unpaired) electrons. The molecule has 7 heteroatoms. The van der Waals surface area contributed by atoms with Crippen molar-refractivity contribution in [1.82, 2.24) is 20.1 Å². The number of thiazole rings is 1. The maximum atomic E-state index is 12.3. The molecule has 3 aromatic rings. The van der Waals surface area contributed by atoms with Crippen molar-refractivity contribution in [3.05, 3.63) is 57.8 Å². The van der Waals surface area contributed by atoms with Crippen LogP contribution in [0.4, 0.5) is 0 Å². The maximum Gasteiger partial charge on any atom is 0.271 e. The highest BCUT2D eigenvalue weighted by molar-refractivity contribution is 7.13. The van der Waals surface area contributed by atoms with Gasteiger partial charge in [-0.2, -0.15) is 5.10 Å². The van der Waals surface area contributed by atoms with Crippen LogP contribution in [0, 0.1) is 6.92 Å². The highest BCUT2D eigenvalue weighted by atomic mass is 35.5. The summed E-state index contributed by atoms with van der Waals surface area (Å²) >= 11 is 7.67. The lowest BCUT2D eigenvalue weighted by atomic mass is 10.2. The van der Waals surface area contributed by atoms with E-state index in [4.69, 9.17) is 11.6 Å². The van der Waals surface area contributed by atoms with Gasteiger partial charge in [0, 0.05) is 18.0 Å². The maximum absolute atomic E-state index is 12.3. The molecule has 0 aliphatic carbocycles. The fraction of sp³-hybridized carbons (Fsp3) is 0.188. The highest BCUT2D eigenvalue weighted by Gasteiger charge is 2.18. The van der Waals surface area contributed by atoms with Gasteiger partial charge >= 0.3 is 0 Å². The van der Waals surface area contributed by atoms with E-state index in [1.807, 2.05) is 35.7 Å². The molecular formula is C16H15ClN4OS. The van der Waals surface area contributed by atoms with Crippen LogP contribution in [0.1, 0.15) is 21.9 Å². The number of amides is 1. The Labute approximate surface area is 142 Å². The molecule has 0 saturated carbocycles. The molecule has 1 aromatic carbocycles. The van der Waals surface area contributed by atoms with Crippen LogP contribution < -0.4 is 5.32 Å². The van der Waals surface area contributed by atoms with E-state index in [-0.39, 0.29) is 5.91 Å². The summed E-state index contributed by atoms with van der Waals surface area (Å²) in [5, 5.41) is 10.2. The van der Waals surface area contributed by atoms with Gasteiger partial charge in [-0.25, -0.2) is 4.98 Å². The number of nitrogens with zero attached hydrogens (tertiary/aromatic N) is 3. The monoisotopic (exact) mass is 346 g/mol. The lowest BCUT2D eigenvalue weighted by Crippen LogP contribution is -2.25. The van der Waals surface area contributed by atoms with Crippen LogP contribution in [0.15, 0.2) is 35.7 Å². The third kappa shape index (κ3) is 3.28. The van der Waals surface area contributed by atoms with Crippen molar-refractivity contribution in [2.75, 3.05) is 0 Å². The van der Waals surface area contributed by atoms with Crippen molar-refractivity contribution >= 4 is 28.8 Å². The smallest absolute Gasteiger partial charge is 0.271 e. The predicted octanol–water partition coefficient (Wildman–Crippen LogP) is 3.44. The van der Waals surface area contributed by atoms with Gasteiger partial charge in [-0.15, -0.1) is 11.3 Å². The van der Waals surface area contributed by atoms with Crippen LogP contribution >= 0.6 is 22.9 Å². The third-order valence-electron chi connectivity index (χ3n) is 3.37. The lowest BCUT2D eigenvalue weighted by Gasteiger charge is -2.04. The minimum absolute atomic E-state index is 0.257. The van der Waals surface area contributed by atoms with Crippen molar-refractivity contribution in [2.24, 2.45) is 7.05 Å². The minimum Gasteiger partial charge on any atom is -0.345 e. The quantitative estimate of drug-likeness (QED) is 0.787. The molecule has 23 heavy (non-hydrogen) atoms. The SMILES string of the molecule is Cc1nn(C)c(C(=O)NCc2csc(-c3ccccc3)n2)c1Cl. The molecule has 118 valence electrons. The Hall–Kier alpha value is -2.18. The van der Waals surface area contributed by atoms with Gasteiger partial charge in [0.1, 0.15) is 10.7 Å². The Morgan fingerprint density at radius 1 is 1.35 bits per heavy atom. The second-order valence-corrected chi connectivity index (χ2v) is 6.30. The minimum atomic E-state index is -0.257. The zero-order chi connectivity index (χ0) is 16.4. The number of nitrogens with one attached hydrogen (secondary N) is 1. The van der Waals surface area contributed by atoms with Crippen LogP contribution in [0.5, 0.6) is 0 Å². The molecule has 1 amide bonds. The summed E-state index contributed by atoms with van der Waals surface area (Å²) in [4.78, 5) is 16.8. The van der Waals surface area contributed by atoms with E-state index < -0.39 is 0 Å². The Morgan fingerprint density at radius 3 is 2.74 bits per heavy atom. The molecule has 0 fully saturated rings. The summed E-state index contributed by atoms with van der Waals surface area (Å²) in [6.45, 7) is 2.12. The largest absolute Gasteiger partial charge is 0.345 e. The molecular weight excluding hydrogens is 332 g/mol. The standard InChI is InChI=1S/C16H15ClN4OS/c1-10-13(17)14(21(2)20-10)15(22)18-8-12-9-23-16(19-12)11-6-4-3-5-7-11/h3-7,9H,8H2,1-2H3,(H,18,22). The first-order valence-electron chi connectivity index (χ1n) is 7.03. The number of benzene rings is 1. The number of rotatable bonds is 4. The van der Waals surface area contributed by atoms with Crippen molar-refractivity contribution < 1.29 is 4.79 Å². The van der Waals surface area contributed by atoms with Crippen molar-refractivity contribution in [3.63, 3.8) is 0 Å². The number of aryl methyl sites for hydroxylation is 2. The van der Waals surface area contributed by atoms with Crippen molar-refractivity contribution in [2.45, 2.75) is 13.5 Å². The second-order valence-electron chi connectivity index (χ2n) is 5.06. The topological polar surface area (TPSA) is 59.8 Å². The second kappa shape index (κ2) is 6.52. The van der Waals surface area contributed by atoms with Gasteiger partial charge in [-0.05, 0) is 6.92 Å². The molecule has 0 bridgehead atoms. The van der Waals surface area contributed by atoms with E-state index in [9.17, 15) is 4.79 Å². The summed E-state index contributed by atoms with van der Waals surface area (Å²) in [6, 6.07) is 9.95. The fourth-order valence-electron chi connectivity index (χ4n) is 2.23. The summed E-state index contributed by atoms with van der Waals surface area (Å²) in [5.74, 6) is -0.257. The van der Waals surface area contributed by atoms with E-state index in [1.165, 1.54) is 4.68 Å². The molecule has 0 aliphatic heterocycles. The number of halogens is 1. The summed E-state index contributed by atoms with van der Waals surface area (Å²) in [7, 11) is 1.70. The first-order valence-corrected chi connectivity index (χ1v) is 8.29. The summed E-state index contributed by atoms with van der Waals surface area (Å²) < 4.78 is 1.49. The first kappa shape index (κ1) is 15.7. The molecule has 2 aromatic heterocycles. The summed E-state index contributed by atoms with van der Waals surface area (Å²) in [5.41, 5.74) is 2.89. The lowest BCUT2D eigenvalue weighted by molar-refractivity contribution is 0.0941. The molecule has 0 aliphatic rings. The summed E-state index contributed by atoms with van der Waals surface area (Å²) in [6.07, 6.45) is 0. The fourth-order valence-corrected chi connectivity index (χ4v) is 3.31. The molecule has 0 spiro atoms. The number of hydrogen-bond donors (Lipinski definition) is 1. The van der Waals surface area contributed by atoms with Gasteiger partial charge in [0.25, 0.3) is 5.91 Å². The van der Waals surface area contributed by atoms with Crippen LogP contribution in [0.3, 0.4) is 0 Å². The molecule has 0 unspecified atom stereocenters. The average molecular weight is 347 g/mol. The van der Waals surface area contributed by atoms with Gasteiger partial charge in [0.05, 0.1) is 23.0 Å². The Balaban J connectivity index is 1.69. The van der Waals surface area contributed by atoms with Crippen LogP contribution in [-0.4, -0.2) is 20.7 Å². The van der Waals surface area contributed by atoms with Gasteiger partial charge in [0.2, 0.25) is 0 Å². The van der Waals surface area contributed by atoms with Crippen LogP contribution in [0.25, 0.3) is 10.6 Å². The molecule has 2 heterocycles. The molecule has 0 atom stereocenters. The number of carbonyl (C=O) groups is 1. The van der Waals surface area contributed by atoms with Crippen molar-refractivity contribution in [1.29, 1.82) is 0 Å². The molecule has 3 rings (SSSR count). The predicted molar refractivity (Wildman–Crippen MR) is 91.7 cm³/mol. The number of aromatic nitrogens is 3. The third-order valence-corrected chi connectivity index (χ3v) is 4.76.